The SMILES string of the molecule is C[C@@H](CN)NC(=O)c1ccc(N2CCCCCC2)nc1. The van der Waals surface area contributed by atoms with E-state index in [0.717, 1.165) is 18.9 Å². The number of amides is 1. The van der Waals surface area contributed by atoms with Crippen molar-refractivity contribution in [3.8, 4) is 0 Å². The minimum absolute atomic E-state index is 0.0206. The van der Waals surface area contributed by atoms with Crippen LogP contribution in [0.15, 0.2) is 18.3 Å². The number of aromatic nitrogens is 1. The molecule has 1 amide bonds. The zero-order valence-electron chi connectivity index (χ0n) is 12.1. The first-order chi connectivity index (χ1) is 9.70. The van der Waals surface area contributed by atoms with Crippen LogP contribution in [0, 0.1) is 0 Å². The van der Waals surface area contributed by atoms with Crippen molar-refractivity contribution in [2.75, 3.05) is 24.5 Å². The van der Waals surface area contributed by atoms with Gasteiger partial charge in [-0.25, -0.2) is 4.98 Å². The molecule has 0 bridgehead atoms. The first-order valence-electron chi connectivity index (χ1n) is 7.42. The molecule has 110 valence electrons. The lowest BCUT2D eigenvalue weighted by molar-refractivity contribution is 0.0941. The van der Waals surface area contributed by atoms with Crippen molar-refractivity contribution < 1.29 is 4.79 Å². The number of hydrogen-bond acceptors (Lipinski definition) is 4. The minimum Gasteiger partial charge on any atom is -0.357 e. The maximum Gasteiger partial charge on any atom is 0.253 e. The summed E-state index contributed by atoms with van der Waals surface area (Å²) in [5, 5.41) is 2.84. The minimum atomic E-state index is -0.113. The van der Waals surface area contributed by atoms with Crippen molar-refractivity contribution in [1.82, 2.24) is 10.3 Å². The van der Waals surface area contributed by atoms with Crippen LogP contribution in [0.4, 0.5) is 5.82 Å². The van der Waals surface area contributed by atoms with Crippen LogP contribution in [-0.2, 0) is 0 Å². The van der Waals surface area contributed by atoms with Gasteiger partial charge in [0.2, 0.25) is 0 Å². The summed E-state index contributed by atoms with van der Waals surface area (Å²) in [5.41, 5.74) is 6.08. The van der Waals surface area contributed by atoms with Crippen LogP contribution >= 0.6 is 0 Å². The first kappa shape index (κ1) is 14.8. The van der Waals surface area contributed by atoms with Gasteiger partial charge in [-0.3, -0.25) is 4.79 Å². The van der Waals surface area contributed by atoms with Crippen molar-refractivity contribution in [1.29, 1.82) is 0 Å². The molecular weight excluding hydrogens is 252 g/mol. The summed E-state index contributed by atoms with van der Waals surface area (Å²) in [6.45, 7) is 4.44. The molecule has 2 rings (SSSR count). The predicted molar refractivity (Wildman–Crippen MR) is 80.9 cm³/mol. The van der Waals surface area contributed by atoms with Gasteiger partial charge in [0, 0.05) is 31.9 Å². The van der Waals surface area contributed by atoms with Gasteiger partial charge in [-0.2, -0.15) is 0 Å². The van der Waals surface area contributed by atoms with E-state index in [1.165, 1.54) is 25.7 Å². The van der Waals surface area contributed by atoms with Gasteiger partial charge in [-0.05, 0) is 31.9 Å². The molecule has 1 fully saturated rings. The van der Waals surface area contributed by atoms with Crippen LogP contribution in [0.2, 0.25) is 0 Å². The first-order valence-corrected chi connectivity index (χ1v) is 7.42. The van der Waals surface area contributed by atoms with Crippen molar-refractivity contribution in [2.45, 2.75) is 38.6 Å². The van der Waals surface area contributed by atoms with Gasteiger partial charge in [-0.1, -0.05) is 12.8 Å². The third kappa shape index (κ3) is 3.93. The highest BCUT2D eigenvalue weighted by molar-refractivity contribution is 5.94. The van der Waals surface area contributed by atoms with E-state index in [4.69, 9.17) is 5.73 Å². The molecular formula is C15H24N4O. The Hall–Kier alpha value is -1.62. The Bertz CT molecular complexity index is 424. The van der Waals surface area contributed by atoms with E-state index < -0.39 is 0 Å². The number of carbonyl (C=O) groups excluding carboxylic acids is 1. The van der Waals surface area contributed by atoms with Gasteiger partial charge in [-0.15, -0.1) is 0 Å². The summed E-state index contributed by atoms with van der Waals surface area (Å²) in [6, 6.07) is 3.76. The molecule has 3 N–H and O–H groups in total. The summed E-state index contributed by atoms with van der Waals surface area (Å²) < 4.78 is 0. The average molecular weight is 276 g/mol. The second-order valence-corrected chi connectivity index (χ2v) is 5.42. The summed E-state index contributed by atoms with van der Waals surface area (Å²) in [5.74, 6) is 0.855. The van der Waals surface area contributed by atoms with E-state index in [1.54, 1.807) is 6.20 Å². The maximum absolute atomic E-state index is 11.9. The Morgan fingerprint density at radius 1 is 1.35 bits per heavy atom. The average Bonchev–Trinajstić information content (AvgIpc) is 2.76. The number of pyridine rings is 1. The molecule has 5 heteroatoms. The molecule has 0 unspecified atom stereocenters. The van der Waals surface area contributed by atoms with Crippen LogP contribution in [-0.4, -0.2) is 36.6 Å². The lowest BCUT2D eigenvalue weighted by atomic mass is 10.2. The fourth-order valence-electron chi connectivity index (χ4n) is 2.37. The summed E-state index contributed by atoms with van der Waals surface area (Å²) >= 11 is 0. The van der Waals surface area contributed by atoms with Crippen LogP contribution in [0.25, 0.3) is 0 Å². The molecule has 1 saturated heterocycles. The molecule has 0 spiro atoms. The molecule has 1 aromatic heterocycles. The number of anilines is 1. The second-order valence-electron chi connectivity index (χ2n) is 5.42. The van der Waals surface area contributed by atoms with E-state index in [1.807, 2.05) is 19.1 Å². The van der Waals surface area contributed by atoms with E-state index >= 15 is 0 Å². The molecule has 0 aromatic carbocycles. The van der Waals surface area contributed by atoms with Gasteiger partial charge < -0.3 is 16.0 Å². The van der Waals surface area contributed by atoms with Crippen molar-refractivity contribution >= 4 is 11.7 Å². The van der Waals surface area contributed by atoms with Gasteiger partial charge in [0.05, 0.1) is 5.56 Å². The van der Waals surface area contributed by atoms with Crippen molar-refractivity contribution in [3.63, 3.8) is 0 Å². The topological polar surface area (TPSA) is 71.2 Å². The Labute approximate surface area is 120 Å². The van der Waals surface area contributed by atoms with Gasteiger partial charge in [0.25, 0.3) is 5.91 Å². The molecule has 0 radical (unpaired) electrons. The van der Waals surface area contributed by atoms with Crippen molar-refractivity contribution in [2.24, 2.45) is 5.73 Å². The third-order valence-corrected chi connectivity index (χ3v) is 3.67. The number of carbonyl (C=O) groups is 1. The maximum atomic E-state index is 11.9. The molecule has 0 saturated carbocycles. The Balaban J connectivity index is 2.00. The largest absolute Gasteiger partial charge is 0.357 e. The molecule has 1 aromatic rings. The third-order valence-electron chi connectivity index (χ3n) is 3.67. The van der Waals surface area contributed by atoms with Crippen LogP contribution in [0.3, 0.4) is 0 Å². The fraction of sp³-hybridized carbons (Fsp3) is 0.600. The highest BCUT2D eigenvalue weighted by Crippen LogP contribution is 2.17. The number of nitrogens with zero attached hydrogens (tertiary/aromatic N) is 2. The van der Waals surface area contributed by atoms with E-state index in [0.29, 0.717) is 12.1 Å². The van der Waals surface area contributed by atoms with Gasteiger partial charge >= 0.3 is 0 Å². The Kier molecular flexibility index (Phi) is 5.35. The Morgan fingerprint density at radius 3 is 2.60 bits per heavy atom. The highest BCUT2D eigenvalue weighted by atomic mass is 16.1. The summed E-state index contributed by atoms with van der Waals surface area (Å²) in [6.07, 6.45) is 6.69. The van der Waals surface area contributed by atoms with Crippen LogP contribution < -0.4 is 16.0 Å². The Morgan fingerprint density at radius 2 is 2.05 bits per heavy atom. The number of nitrogens with two attached hydrogens (primary N) is 1. The molecule has 1 aliphatic rings. The van der Waals surface area contributed by atoms with Gasteiger partial charge in [0.1, 0.15) is 5.82 Å². The van der Waals surface area contributed by atoms with Crippen LogP contribution in [0.5, 0.6) is 0 Å². The predicted octanol–water partition coefficient (Wildman–Crippen LogP) is 1.54. The lowest BCUT2D eigenvalue weighted by Crippen LogP contribution is -2.37. The lowest BCUT2D eigenvalue weighted by Gasteiger charge is -2.21. The zero-order chi connectivity index (χ0) is 14.4. The second kappa shape index (κ2) is 7.24. The number of hydrogen-bond donors (Lipinski definition) is 2. The highest BCUT2D eigenvalue weighted by Gasteiger charge is 2.13. The monoisotopic (exact) mass is 276 g/mol. The standard InChI is InChI=1S/C15H24N4O/c1-12(10-16)18-15(20)13-6-7-14(17-11-13)19-8-4-2-3-5-9-19/h6-7,11-12H,2-5,8-10,16H2,1H3,(H,18,20)/t12-/m0/s1. The molecule has 0 aliphatic carbocycles. The normalized spacial score (nSPS) is 17.4. The summed E-state index contributed by atoms with van der Waals surface area (Å²) in [4.78, 5) is 18.7. The molecule has 1 atom stereocenters. The molecule has 5 nitrogen and oxygen atoms in total. The van der Waals surface area contributed by atoms with Gasteiger partial charge in [0.15, 0.2) is 0 Å². The quantitative estimate of drug-likeness (QED) is 0.875. The fourth-order valence-corrected chi connectivity index (χ4v) is 2.37. The smallest absolute Gasteiger partial charge is 0.253 e. The van der Waals surface area contributed by atoms with E-state index in [-0.39, 0.29) is 11.9 Å². The van der Waals surface area contributed by atoms with E-state index in [2.05, 4.69) is 15.2 Å². The molecule has 1 aliphatic heterocycles. The molecule has 20 heavy (non-hydrogen) atoms. The zero-order valence-corrected chi connectivity index (χ0v) is 12.1. The van der Waals surface area contributed by atoms with E-state index in [9.17, 15) is 4.79 Å². The number of nitrogens with one attached hydrogen (secondary N) is 1. The molecule has 2 heterocycles. The number of rotatable bonds is 4. The van der Waals surface area contributed by atoms with Crippen LogP contribution in [0.1, 0.15) is 43.0 Å². The van der Waals surface area contributed by atoms with Crippen molar-refractivity contribution in [3.05, 3.63) is 23.9 Å². The summed E-state index contributed by atoms with van der Waals surface area (Å²) in [7, 11) is 0.